The van der Waals surface area contributed by atoms with E-state index in [1.807, 2.05) is 12.2 Å². The highest BCUT2D eigenvalue weighted by atomic mass is 16.5. The first-order valence-corrected chi connectivity index (χ1v) is 9.50. The van der Waals surface area contributed by atoms with Gasteiger partial charge < -0.3 is 14.9 Å². The summed E-state index contributed by atoms with van der Waals surface area (Å²) in [7, 11) is 0. The lowest BCUT2D eigenvalue weighted by atomic mass is 9.89. The van der Waals surface area contributed by atoms with Gasteiger partial charge in [0.2, 0.25) is 0 Å². The first-order chi connectivity index (χ1) is 11.6. The highest BCUT2D eigenvalue weighted by molar-refractivity contribution is 5.69. The summed E-state index contributed by atoms with van der Waals surface area (Å²) in [5.74, 6) is -0.123. The number of hydrogen-bond donors (Lipinski definition) is 2. The molecule has 0 bridgehead atoms. The van der Waals surface area contributed by atoms with E-state index in [9.17, 15) is 15.0 Å². The number of carbonyl (C=O) groups excluding carboxylic acids is 1. The molecule has 24 heavy (non-hydrogen) atoms. The van der Waals surface area contributed by atoms with Crippen LogP contribution in [0.4, 0.5) is 0 Å². The van der Waals surface area contributed by atoms with Gasteiger partial charge in [0.15, 0.2) is 0 Å². The van der Waals surface area contributed by atoms with Crippen molar-refractivity contribution in [3.05, 3.63) is 24.3 Å². The maximum Gasteiger partial charge on any atom is 0.306 e. The monoisotopic (exact) mass is 336 g/mol. The fraction of sp³-hybridized carbons (Fsp3) is 0.750. The molecule has 1 aliphatic heterocycles. The highest BCUT2D eigenvalue weighted by Crippen LogP contribution is 2.38. The van der Waals surface area contributed by atoms with Gasteiger partial charge in [-0.25, -0.2) is 0 Å². The van der Waals surface area contributed by atoms with Gasteiger partial charge in [0.05, 0.1) is 12.2 Å². The normalized spacial score (nSPS) is 33.9. The van der Waals surface area contributed by atoms with Gasteiger partial charge in [-0.2, -0.15) is 0 Å². The number of unbranched alkanes of at least 4 members (excludes halogenated alkanes) is 2. The lowest BCUT2D eigenvalue weighted by molar-refractivity contribution is -0.151. The van der Waals surface area contributed by atoms with E-state index in [0.29, 0.717) is 12.8 Å². The molecule has 0 radical (unpaired) electrons. The minimum atomic E-state index is -0.513. The second-order valence-corrected chi connectivity index (χ2v) is 7.12. The van der Waals surface area contributed by atoms with Crippen molar-refractivity contribution in [2.24, 2.45) is 11.8 Å². The molecule has 1 fully saturated rings. The Kier molecular flexibility index (Phi) is 8.00. The zero-order chi connectivity index (χ0) is 17.4. The maximum absolute atomic E-state index is 11.9. The second-order valence-electron chi connectivity index (χ2n) is 7.12. The molecule has 136 valence electrons. The van der Waals surface area contributed by atoms with E-state index in [1.165, 1.54) is 0 Å². The van der Waals surface area contributed by atoms with Crippen molar-refractivity contribution in [3.8, 4) is 0 Å². The molecule has 2 rings (SSSR count). The van der Waals surface area contributed by atoms with Crippen molar-refractivity contribution >= 4 is 5.97 Å². The van der Waals surface area contributed by atoms with Crippen molar-refractivity contribution in [2.45, 2.75) is 83.0 Å². The quantitative estimate of drug-likeness (QED) is 0.442. The van der Waals surface area contributed by atoms with Crippen LogP contribution >= 0.6 is 0 Å². The Balaban J connectivity index is 1.99. The molecule has 5 atom stereocenters. The van der Waals surface area contributed by atoms with Crippen molar-refractivity contribution in [1.29, 1.82) is 0 Å². The smallest absolute Gasteiger partial charge is 0.306 e. The summed E-state index contributed by atoms with van der Waals surface area (Å²) in [6, 6.07) is 0. The van der Waals surface area contributed by atoms with Gasteiger partial charge in [-0.15, -0.1) is 0 Å². The number of esters is 1. The van der Waals surface area contributed by atoms with Gasteiger partial charge in [-0.1, -0.05) is 50.5 Å². The van der Waals surface area contributed by atoms with Crippen LogP contribution in [0.15, 0.2) is 24.3 Å². The molecule has 4 heteroatoms. The Morgan fingerprint density at radius 1 is 1.38 bits per heavy atom. The second kappa shape index (κ2) is 10.00. The van der Waals surface area contributed by atoms with Crippen molar-refractivity contribution in [3.63, 3.8) is 0 Å². The van der Waals surface area contributed by atoms with E-state index in [-0.39, 0.29) is 23.9 Å². The van der Waals surface area contributed by atoms with Gasteiger partial charge in [-0.05, 0) is 25.7 Å². The van der Waals surface area contributed by atoms with Crippen LogP contribution in [0.3, 0.4) is 0 Å². The number of fused-ring (bicyclic) bond motifs is 1. The first-order valence-electron chi connectivity index (χ1n) is 9.50. The molecule has 2 aliphatic rings. The third-order valence-corrected chi connectivity index (χ3v) is 5.16. The van der Waals surface area contributed by atoms with Gasteiger partial charge in [0.1, 0.15) is 6.10 Å². The summed E-state index contributed by atoms with van der Waals surface area (Å²) < 4.78 is 5.61. The molecular formula is C20H32O4. The average Bonchev–Trinajstić information content (AvgIpc) is 2.84. The maximum atomic E-state index is 11.9. The van der Waals surface area contributed by atoms with Crippen molar-refractivity contribution in [2.75, 3.05) is 0 Å². The van der Waals surface area contributed by atoms with Crippen molar-refractivity contribution in [1.82, 2.24) is 0 Å². The molecule has 0 amide bonds. The van der Waals surface area contributed by atoms with Crippen molar-refractivity contribution < 1.29 is 19.7 Å². The lowest BCUT2D eigenvalue weighted by Crippen LogP contribution is -2.25. The SMILES string of the molecule is CCCCC[C@H](O)/C=C/C1[C@H](O)C[C@@H]2OC(=O)CCC/C=C\C[C@H]12. The Labute approximate surface area is 145 Å². The van der Waals surface area contributed by atoms with Gasteiger partial charge in [0, 0.05) is 24.7 Å². The number of hydrogen-bond acceptors (Lipinski definition) is 4. The summed E-state index contributed by atoms with van der Waals surface area (Å²) in [6.45, 7) is 2.14. The van der Waals surface area contributed by atoms with Crippen LogP contribution in [0, 0.1) is 11.8 Å². The standard InChI is InChI=1S/C20H32O4/c1-2-3-6-9-15(21)12-13-16-17-10-7-4-5-8-11-20(23)24-19(17)14-18(16)22/h4,7,12-13,15-19,21-22H,2-3,5-6,8-11,14H2,1H3/b7-4-,13-12+/t15-,16?,17+,18+,19-/m0/s1. The summed E-state index contributed by atoms with van der Waals surface area (Å²) in [4.78, 5) is 11.9. The predicted molar refractivity (Wildman–Crippen MR) is 94.4 cm³/mol. The number of carbonyl (C=O) groups is 1. The van der Waals surface area contributed by atoms with Crippen LogP contribution in [0.1, 0.15) is 64.7 Å². The van der Waals surface area contributed by atoms with Gasteiger partial charge in [0.25, 0.3) is 0 Å². The Bertz CT molecular complexity index is 443. The van der Waals surface area contributed by atoms with E-state index in [1.54, 1.807) is 0 Å². The molecule has 1 saturated carbocycles. The zero-order valence-electron chi connectivity index (χ0n) is 14.8. The van der Waals surface area contributed by atoms with Crippen LogP contribution in [0.2, 0.25) is 0 Å². The van der Waals surface area contributed by atoms with Gasteiger partial charge in [-0.3, -0.25) is 4.79 Å². The summed E-state index contributed by atoms with van der Waals surface area (Å²) in [5, 5.41) is 20.5. The van der Waals surface area contributed by atoms with E-state index in [0.717, 1.165) is 44.9 Å². The van der Waals surface area contributed by atoms with Crippen LogP contribution in [0.5, 0.6) is 0 Å². The third-order valence-electron chi connectivity index (χ3n) is 5.16. The predicted octanol–water partition coefficient (Wildman–Crippen LogP) is 3.52. The molecule has 4 nitrogen and oxygen atoms in total. The molecule has 0 spiro atoms. The summed E-state index contributed by atoms with van der Waals surface area (Å²) >= 11 is 0. The first kappa shape index (κ1) is 19.2. The number of allylic oxidation sites excluding steroid dienone is 2. The zero-order valence-corrected chi connectivity index (χ0v) is 14.8. The topological polar surface area (TPSA) is 66.8 Å². The summed E-state index contributed by atoms with van der Waals surface area (Å²) in [5.41, 5.74) is 0. The Hall–Kier alpha value is -1.13. The van der Waals surface area contributed by atoms with Gasteiger partial charge >= 0.3 is 5.97 Å². The minimum absolute atomic E-state index is 0.0623. The molecule has 1 heterocycles. The third kappa shape index (κ3) is 5.75. The lowest BCUT2D eigenvalue weighted by Gasteiger charge is -2.23. The highest BCUT2D eigenvalue weighted by Gasteiger charge is 2.42. The molecule has 0 aromatic rings. The average molecular weight is 336 g/mol. The molecule has 1 unspecified atom stereocenters. The van der Waals surface area contributed by atoms with Crippen LogP contribution in [0.25, 0.3) is 0 Å². The Morgan fingerprint density at radius 2 is 2.21 bits per heavy atom. The van der Waals surface area contributed by atoms with E-state index < -0.39 is 12.2 Å². The largest absolute Gasteiger partial charge is 0.462 e. The molecule has 0 aromatic carbocycles. The summed E-state index contributed by atoms with van der Waals surface area (Å²) in [6.07, 6.45) is 14.3. The molecule has 0 aromatic heterocycles. The number of ether oxygens (including phenoxy) is 1. The Morgan fingerprint density at radius 3 is 3.00 bits per heavy atom. The molecule has 0 saturated heterocycles. The molecule has 2 N–H and O–H groups in total. The number of aliphatic hydroxyl groups is 2. The van der Waals surface area contributed by atoms with Crippen LogP contribution < -0.4 is 0 Å². The van der Waals surface area contributed by atoms with E-state index >= 15 is 0 Å². The van der Waals surface area contributed by atoms with E-state index in [2.05, 4.69) is 19.1 Å². The minimum Gasteiger partial charge on any atom is -0.462 e. The fourth-order valence-corrected chi connectivity index (χ4v) is 3.74. The fourth-order valence-electron chi connectivity index (χ4n) is 3.74. The van der Waals surface area contributed by atoms with E-state index in [4.69, 9.17) is 4.74 Å². The van der Waals surface area contributed by atoms with Crippen LogP contribution in [-0.4, -0.2) is 34.5 Å². The number of rotatable bonds is 6. The molecular weight excluding hydrogens is 304 g/mol. The molecule has 1 aliphatic carbocycles. The number of aliphatic hydroxyl groups excluding tert-OH is 2. The van der Waals surface area contributed by atoms with Crippen LogP contribution in [-0.2, 0) is 9.53 Å².